The number of hydrogen-bond acceptors (Lipinski definition) is 6. The van der Waals surface area contributed by atoms with Crippen LogP contribution in [0.5, 0.6) is 0 Å². The third-order valence-corrected chi connectivity index (χ3v) is 11.9. The lowest BCUT2D eigenvalue weighted by Gasteiger charge is -2.42. The quantitative estimate of drug-likeness (QED) is 0.168. The summed E-state index contributed by atoms with van der Waals surface area (Å²) in [6.07, 6.45) is 1.92. The van der Waals surface area contributed by atoms with Crippen molar-refractivity contribution in [2.45, 2.75) is 11.8 Å². The van der Waals surface area contributed by atoms with Crippen LogP contribution in [0.2, 0.25) is 0 Å². The molecule has 2 atom stereocenters. The molecule has 0 amide bonds. The van der Waals surface area contributed by atoms with Crippen molar-refractivity contribution in [1.29, 1.82) is 0 Å². The zero-order chi connectivity index (χ0) is 39.6. The Morgan fingerprint density at radius 1 is 0.283 bits per heavy atom. The summed E-state index contributed by atoms with van der Waals surface area (Å²) in [7, 11) is 0. The molecule has 13 rings (SSSR count). The van der Waals surface area contributed by atoms with Gasteiger partial charge in [-0.25, -0.2) is 24.9 Å². The fourth-order valence-electron chi connectivity index (χ4n) is 9.12. The molecule has 0 N–H and O–H groups in total. The van der Waals surface area contributed by atoms with Gasteiger partial charge < -0.3 is 0 Å². The van der Waals surface area contributed by atoms with E-state index in [2.05, 4.69) is 91.0 Å². The molecule has 3 heterocycles. The number of benzene rings is 7. The Morgan fingerprint density at radius 2 is 0.717 bits per heavy atom. The molecular weight excluding hydrogens is 733 g/mol. The molecule has 0 saturated heterocycles. The molecule has 3 aliphatic carbocycles. The van der Waals surface area contributed by atoms with Gasteiger partial charge in [-0.3, -0.25) is 4.98 Å². The van der Waals surface area contributed by atoms with Crippen molar-refractivity contribution in [3.05, 3.63) is 228 Å². The van der Waals surface area contributed by atoms with Gasteiger partial charge in [0.05, 0.1) is 16.9 Å². The Bertz CT molecular complexity index is 3220. The molecule has 3 aliphatic rings. The van der Waals surface area contributed by atoms with E-state index in [1.807, 2.05) is 103 Å². The van der Waals surface area contributed by atoms with Gasteiger partial charge in [-0.05, 0) is 63.7 Å². The van der Waals surface area contributed by atoms with Gasteiger partial charge in [0.1, 0.15) is 0 Å². The molecule has 60 heavy (non-hydrogen) atoms. The van der Waals surface area contributed by atoms with E-state index in [9.17, 15) is 0 Å². The highest BCUT2D eigenvalue weighted by atomic mass is 15.0. The number of rotatable bonds is 6. The van der Waals surface area contributed by atoms with Crippen LogP contribution < -0.4 is 0 Å². The predicted octanol–water partition coefficient (Wildman–Crippen LogP) is 12.2. The van der Waals surface area contributed by atoms with E-state index in [1.54, 1.807) is 0 Å². The van der Waals surface area contributed by atoms with Gasteiger partial charge in [-0.15, -0.1) is 0 Å². The molecule has 0 radical (unpaired) electrons. The minimum Gasteiger partial charge on any atom is -0.256 e. The lowest BCUT2D eigenvalue weighted by Crippen LogP contribution is -2.27. The summed E-state index contributed by atoms with van der Waals surface area (Å²) in [5, 5.41) is 1.07. The average molecular weight is 767 g/mol. The van der Waals surface area contributed by atoms with Crippen LogP contribution in [-0.4, -0.2) is 29.9 Å². The number of hydrogen-bond donors (Lipinski definition) is 0. The lowest BCUT2D eigenvalue weighted by atomic mass is 9.60. The minimum atomic E-state index is 0.0544. The highest BCUT2D eigenvalue weighted by molar-refractivity contribution is 5.84. The van der Waals surface area contributed by atoms with Crippen molar-refractivity contribution in [2.75, 3.05) is 0 Å². The summed E-state index contributed by atoms with van der Waals surface area (Å²) < 4.78 is 0. The van der Waals surface area contributed by atoms with E-state index in [1.165, 1.54) is 33.4 Å². The third-order valence-electron chi connectivity index (χ3n) is 11.9. The van der Waals surface area contributed by atoms with E-state index in [0.29, 0.717) is 23.3 Å². The topological polar surface area (TPSA) is 77.3 Å². The second-order valence-corrected chi connectivity index (χ2v) is 15.5. The summed E-state index contributed by atoms with van der Waals surface area (Å²) in [6, 6.07) is 65.6. The summed E-state index contributed by atoms with van der Waals surface area (Å²) in [6.45, 7) is 0. The number of nitrogens with zero attached hydrogens (tertiary/aromatic N) is 6. The van der Waals surface area contributed by atoms with Gasteiger partial charge in [0.25, 0.3) is 0 Å². The van der Waals surface area contributed by atoms with Gasteiger partial charge in [0, 0.05) is 56.8 Å². The standard InChI is InChI=1S/C54H34N6/c1-4-14-33(15-5-1)51-56-47(31-48(57-51)39-28-36-20-10-13-23-46(36)55-32-39)37-24-26-42-44(29-37)49-40-21-11-12-22-41(40)50(42)45-30-38(25-27-43(45)49)54-59-52(34-16-6-2-7-17-34)58-53(60-54)35-18-8-3-9-19-35/h1-32,49-50H. The van der Waals surface area contributed by atoms with Crippen LogP contribution in [0.1, 0.15) is 45.2 Å². The Hall–Kier alpha value is -7.96. The van der Waals surface area contributed by atoms with Crippen molar-refractivity contribution in [3.8, 4) is 68.1 Å². The molecule has 6 nitrogen and oxygen atoms in total. The zero-order valence-electron chi connectivity index (χ0n) is 32.3. The van der Waals surface area contributed by atoms with Crippen LogP contribution in [0.3, 0.4) is 0 Å². The summed E-state index contributed by atoms with van der Waals surface area (Å²) in [4.78, 5) is 30.2. The largest absolute Gasteiger partial charge is 0.256 e. The van der Waals surface area contributed by atoms with Crippen LogP contribution in [0, 0.1) is 0 Å². The fraction of sp³-hybridized carbons (Fsp3) is 0.0370. The summed E-state index contributed by atoms with van der Waals surface area (Å²) >= 11 is 0. The predicted molar refractivity (Wildman–Crippen MR) is 238 cm³/mol. The SMILES string of the molecule is c1ccc(-c2nc(-c3ccc4c(c3)C3c5ccccc5C4c4cc(-c5nc(-c6ccccc6)nc(-c6ccccc6)n5)ccc43)cc(-c3cnc4ccccc4c3)n2)cc1. The van der Waals surface area contributed by atoms with E-state index < -0.39 is 0 Å². The van der Waals surface area contributed by atoms with E-state index in [-0.39, 0.29) is 11.8 Å². The minimum absolute atomic E-state index is 0.0544. The second-order valence-electron chi connectivity index (χ2n) is 15.5. The van der Waals surface area contributed by atoms with Gasteiger partial charge in [0.2, 0.25) is 0 Å². The molecule has 0 saturated carbocycles. The highest BCUT2D eigenvalue weighted by Crippen LogP contribution is 2.56. The highest BCUT2D eigenvalue weighted by Gasteiger charge is 2.41. The van der Waals surface area contributed by atoms with Crippen molar-refractivity contribution < 1.29 is 0 Å². The molecule has 0 aliphatic heterocycles. The Kier molecular flexibility index (Phi) is 7.88. The molecule has 10 aromatic rings. The smallest absolute Gasteiger partial charge is 0.164 e. The molecular formula is C54H34N6. The second kappa shape index (κ2) is 13.9. The normalized spacial score (nSPS) is 14.7. The number of pyridine rings is 1. The van der Waals surface area contributed by atoms with Crippen LogP contribution >= 0.6 is 0 Å². The van der Waals surface area contributed by atoms with Crippen molar-refractivity contribution >= 4 is 10.9 Å². The van der Waals surface area contributed by atoms with Crippen LogP contribution in [0.4, 0.5) is 0 Å². The maximum atomic E-state index is 5.21. The third kappa shape index (κ3) is 5.72. The van der Waals surface area contributed by atoms with Crippen LogP contribution in [-0.2, 0) is 0 Å². The number of aromatic nitrogens is 6. The Labute approximate surface area is 347 Å². The fourth-order valence-corrected chi connectivity index (χ4v) is 9.12. The summed E-state index contributed by atoms with van der Waals surface area (Å²) in [5.74, 6) is 2.76. The van der Waals surface area contributed by atoms with E-state index in [4.69, 9.17) is 29.9 Å². The monoisotopic (exact) mass is 766 g/mol. The zero-order valence-corrected chi connectivity index (χ0v) is 32.3. The summed E-state index contributed by atoms with van der Waals surface area (Å²) in [5.41, 5.74) is 16.4. The number of para-hydroxylation sites is 1. The first kappa shape index (κ1) is 34.1. The van der Waals surface area contributed by atoms with Crippen LogP contribution in [0.25, 0.3) is 79.0 Å². The Balaban J connectivity index is 0.989. The molecule has 2 bridgehead atoms. The van der Waals surface area contributed by atoms with E-state index >= 15 is 0 Å². The first-order valence-electron chi connectivity index (χ1n) is 20.3. The molecule has 0 spiro atoms. The number of fused-ring (bicyclic) bond motifs is 1. The Morgan fingerprint density at radius 3 is 1.30 bits per heavy atom. The average Bonchev–Trinajstić information content (AvgIpc) is 3.34. The maximum absolute atomic E-state index is 5.21. The van der Waals surface area contributed by atoms with Gasteiger partial charge in [-0.1, -0.05) is 158 Å². The first-order valence-corrected chi connectivity index (χ1v) is 20.3. The molecule has 6 heteroatoms. The molecule has 280 valence electrons. The van der Waals surface area contributed by atoms with Crippen molar-refractivity contribution in [1.82, 2.24) is 29.9 Å². The van der Waals surface area contributed by atoms with Gasteiger partial charge in [0.15, 0.2) is 23.3 Å². The lowest BCUT2D eigenvalue weighted by molar-refractivity contribution is 0.754. The van der Waals surface area contributed by atoms with Crippen molar-refractivity contribution in [3.63, 3.8) is 0 Å². The maximum Gasteiger partial charge on any atom is 0.164 e. The van der Waals surface area contributed by atoms with Crippen LogP contribution in [0.15, 0.2) is 194 Å². The first-order chi connectivity index (χ1) is 29.7. The molecule has 7 aromatic carbocycles. The molecule has 0 fully saturated rings. The molecule has 2 unspecified atom stereocenters. The molecule has 3 aromatic heterocycles. The van der Waals surface area contributed by atoms with Gasteiger partial charge in [-0.2, -0.15) is 0 Å². The van der Waals surface area contributed by atoms with E-state index in [0.717, 1.165) is 55.7 Å². The van der Waals surface area contributed by atoms with Gasteiger partial charge >= 0.3 is 0 Å². The van der Waals surface area contributed by atoms with Crippen molar-refractivity contribution in [2.24, 2.45) is 0 Å².